The van der Waals surface area contributed by atoms with Gasteiger partial charge in [0.05, 0.1) is 18.8 Å². The Balaban J connectivity index is 1.41. The highest BCUT2D eigenvalue weighted by Gasteiger charge is 2.50. The topological polar surface area (TPSA) is 49.7 Å². The van der Waals surface area contributed by atoms with Crippen LogP contribution in [0.5, 0.6) is 0 Å². The Hall–Kier alpha value is -1.68. The van der Waals surface area contributed by atoms with Gasteiger partial charge in [-0.1, -0.05) is 68.5 Å². The van der Waals surface area contributed by atoms with Crippen LogP contribution in [0.2, 0.25) is 0 Å². The van der Waals surface area contributed by atoms with Crippen molar-refractivity contribution >= 4 is 0 Å². The smallest absolute Gasteiger partial charge is 0.0811 e. The van der Waals surface area contributed by atoms with Crippen molar-refractivity contribution in [2.24, 2.45) is 23.2 Å². The highest BCUT2D eigenvalue weighted by molar-refractivity contribution is 5.38. The maximum Gasteiger partial charge on any atom is 0.0811 e. The average molecular weight is 437 g/mol. The molecular formula is C29H40O3. The second-order valence-corrected chi connectivity index (χ2v) is 10.6. The van der Waals surface area contributed by atoms with Gasteiger partial charge in [0, 0.05) is 13.0 Å². The highest BCUT2D eigenvalue weighted by Crippen LogP contribution is 2.59. The quantitative estimate of drug-likeness (QED) is 0.577. The van der Waals surface area contributed by atoms with E-state index in [9.17, 15) is 10.2 Å². The minimum absolute atomic E-state index is 0.334. The first-order chi connectivity index (χ1) is 15.4. The first-order valence-corrected chi connectivity index (χ1v) is 12.4. The molecular weight excluding hydrogens is 396 g/mol. The van der Waals surface area contributed by atoms with E-state index in [2.05, 4.69) is 56.8 Å². The number of benzene rings is 1. The van der Waals surface area contributed by atoms with E-state index in [0.717, 1.165) is 24.2 Å². The molecule has 0 radical (unpaired) electrons. The van der Waals surface area contributed by atoms with E-state index in [1.54, 1.807) is 5.57 Å². The van der Waals surface area contributed by atoms with Gasteiger partial charge in [-0.3, -0.25) is 0 Å². The SMILES string of the molecule is C=C1/C(=C\C=C2/CCC[C@]3(C)[C@@H]([C@H](C)COCc4ccccc4)CC[C@@H]23)C[C@@H](O)C[C@@H]1O. The molecule has 3 aliphatic rings. The monoisotopic (exact) mass is 436 g/mol. The fourth-order valence-electron chi connectivity index (χ4n) is 6.73. The zero-order valence-corrected chi connectivity index (χ0v) is 19.8. The first kappa shape index (κ1) is 23.5. The van der Waals surface area contributed by atoms with Gasteiger partial charge in [0.1, 0.15) is 0 Å². The Labute approximate surface area is 193 Å². The minimum Gasteiger partial charge on any atom is -0.393 e. The molecule has 0 aliphatic heterocycles. The lowest BCUT2D eigenvalue weighted by Gasteiger charge is -2.44. The number of aliphatic hydroxyl groups excluding tert-OH is 2. The van der Waals surface area contributed by atoms with E-state index in [0.29, 0.717) is 42.6 Å². The summed E-state index contributed by atoms with van der Waals surface area (Å²) < 4.78 is 6.12. The predicted octanol–water partition coefficient (Wildman–Crippen LogP) is 5.98. The van der Waals surface area contributed by atoms with Crippen LogP contribution < -0.4 is 0 Å². The summed E-state index contributed by atoms with van der Waals surface area (Å²) in [6, 6.07) is 10.4. The molecule has 2 N–H and O–H groups in total. The third kappa shape index (κ3) is 4.95. The van der Waals surface area contributed by atoms with Crippen LogP contribution in [0.1, 0.15) is 64.4 Å². The standard InChI is InChI=1S/C29H40O3/c1-20(18-32-19-22-8-5-4-6-9-22)26-13-14-27-23(10-7-15-29(26,27)3)11-12-24-16-25(30)17-28(31)21(24)2/h4-6,8-9,11-12,20,25-28,30-31H,2,7,10,13-19H2,1,3H3/b23-11+,24-12-/t20-,25-,26-,27+,28+,29-/m1/s1. The summed E-state index contributed by atoms with van der Waals surface area (Å²) >= 11 is 0. The van der Waals surface area contributed by atoms with Crippen LogP contribution in [-0.4, -0.2) is 29.0 Å². The summed E-state index contributed by atoms with van der Waals surface area (Å²) in [7, 11) is 0. The van der Waals surface area contributed by atoms with Gasteiger partial charge in [-0.2, -0.15) is 0 Å². The molecule has 32 heavy (non-hydrogen) atoms. The Morgan fingerprint density at radius 2 is 1.97 bits per heavy atom. The summed E-state index contributed by atoms with van der Waals surface area (Å²) in [6.07, 6.45) is 10.6. The molecule has 4 rings (SSSR count). The first-order valence-electron chi connectivity index (χ1n) is 12.4. The molecule has 0 spiro atoms. The number of hydrogen-bond acceptors (Lipinski definition) is 3. The van der Waals surface area contributed by atoms with Gasteiger partial charge in [0.25, 0.3) is 0 Å². The molecule has 3 fully saturated rings. The van der Waals surface area contributed by atoms with Gasteiger partial charge in [-0.05, 0) is 78.4 Å². The molecule has 0 bridgehead atoms. The van der Waals surface area contributed by atoms with Crippen molar-refractivity contribution in [2.75, 3.05) is 6.61 Å². The lowest BCUT2D eigenvalue weighted by atomic mass is 9.61. The summed E-state index contributed by atoms with van der Waals surface area (Å²) in [5.41, 5.74) is 4.91. The van der Waals surface area contributed by atoms with Gasteiger partial charge in [0.15, 0.2) is 0 Å². The van der Waals surface area contributed by atoms with Crippen molar-refractivity contribution in [3.63, 3.8) is 0 Å². The number of fused-ring (bicyclic) bond motifs is 1. The lowest BCUT2D eigenvalue weighted by molar-refractivity contribution is 0.0277. The van der Waals surface area contributed by atoms with Gasteiger partial charge >= 0.3 is 0 Å². The summed E-state index contributed by atoms with van der Waals surface area (Å²) in [5, 5.41) is 20.2. The van der Waals surface area contributed by atoms with E-state index >= 15 is 0 Å². The van der Waals surface area contributed by atoms with Crippen molar-refractivity contribution in [3.05, 3.63) is 71.3 Å². The Morgan fingerprint density at radius 1 is 1.19 bits per heavy atom. The van der Waals surface area contributed by atoms with E-state index in [4.69, 9.17) is 4.74 Å². The van der Waals surface area contributed by atoms with Crippen LogP contribution >= 0.6 is 0 Å². The van der Waals surface area contributed by atoms with E-state index in [-0.39, 0.29) is 0 Å². The average Bonchev–Trinajstić information content (AvgIpc) is 3.13. The number of aliphatic hydroxyl groups is 2. The van der Waals surface area contributed by atoms with Gasteiger partial charge in [-0.25, -0.2) is 0 Å². The lowest BCUT2D eigenvalue weighted by Crippen LogP contribution is -2.37. The van der Waals surface area contributed by atoms with E-state index in [1.165, 1.54) is 31.2 Å². The third-order valence-electron chi connectivity index (χ3n) is 8.48. The molecule has 0 heterocycles. The molecule has 0 unspecified atom stereocenters. The van der Waals surface area contributed by atoms with Gasteiger partial charge in [-0.15, -0.1) is 0 Å². The van der Waals surface area contributed by atoms with Gasteiger partial charge in [0.2, 0.25) is 0 Å². The fourth-order valence-corrected chi connectivity index (χ4v) is 6.73. The molecule has 0 aromatic heterocycles. The molecule has 1 aromatic carbocycles. The van der Waals surface area contributed by atoms with Crippen molar-refractivity contribution < 1.29 is 14.9 Å². The van der Waals surface area contributed by atoms with Crippen molar-refractivity contribution in [3.8, 4) is 0 Å². The normalized spacial score (nSPS) is 36.4. The molecule has 174 valence electrons. The summed E-state index contributed by atoms with van der Waals surface area (Å²) in [6.45, 7) is 10.5. The maximum atomic E-state index is 10.2. The predicted molar refractivity (Wildman–Crippen MR) is 130 cm³/mol. The molecule has 1 aromatic rings. The molecule has 3 aliphatic carbocycles. The molecule has 3 heteroatoms. The van der Waals surface area contributed by atoms with Crippen molar-refractivity contribution in [1.82, 2.24) is 0 Å². The third-order valence-corrected chi connectivity index (χ3v) is 8.48. The molecule has 6 atom stereocenters. The van der Waals surface area contributed by atoms with Crippen LogP contribution in [0, 0.1) is 23.2 Å². The molecule has 3 nitrogen and oxygen atoms in total. The Bertz CT molecular complexity index is 854. The Kier molecular flexibility index (Phi) is 7.39. The molecule has 0 saturated heterocycles. The Morgan fingerprint density at radius 3 is 2.75 bits per heavy atom. The second kappa shape index (κ2) is 10.1. The van der Waals surface area contributed by atoms with Crippen LogP contribution in [0.25, 0.3) is 0 Å². The van der Waals surface area contributed by atoms with E-state index in [1.807, 2.05) is 6.07 Å². The second-order valence-electron chi connectivity index (χ2n) is 10.6. The highest BCUT2D eigenvalue weighted by atomic mass is 16.5. The van der Waals surface area contributed by atoms with Crippen LogP contribution in [0.3, 0.4) is 0 Å². The molecule has 3 saturated carbocycles. The molecule has 0 amide bonds. The summed E-state index contributed by atoms with van der Waals surface area (Å²) in [4.78, 5) is 0. The summed E-state index contributed by atoms with van der Waals surface area (Å²) in [5.74, 6) is 1.86. The van der Waals surface area contributed by atoms with Gasteiger partial charge < -0.3 is 14.9 Å². The number of hydrogen-bond donors (Lipinski definition) is 2. The maximum absolute atomic E-state index is 10.2. The van der Waals surface area contributed by atoms with Crippen LogP contribution in [0.4, 0.5) is 0 Å². The van der Waals surface area contributed by atoms with Crippen molar-refractivity contribution in [2.45, 2.75) is 77.6 Å². The number of ether oxygens (including phenoxy) is 1. The number of allylic oxidation sites excluding steroid dienone is 3. The zero-order chi connectivity index (χ0) is 22.7. The van der Waals surface area contributed by atoms with E-state index < -0.39 is 12.2 Å². The fraction of sp³-hybridized carbons (Fsp3) is 0.586. The van der Waals surface area contributed by atoms with Crippen LogP contribution in [0.15, 0.2) is 65.8 Å². The minimum atomic E-state index is -0.618. The van der Waals surface area contributed by atoms with Crippen molar-refractivity contribution in [1.29, 1.82) is 0 Å². The number of rotatable bonds is 6. The van der Waals surface area contributed by atoms with Crippen LogP contribution in [-0.2, 0) is 11.3 Å². The largest absolute Gasteiger partial charge is 0.393 e. The zero-order valence-electron chi connectivity index (χ0n) is 19.8.